The molecule has 6 aromatic rings. The van der Waals surface area contributed by atoms with Gasteiger partial charge in [-0.3, -0.25) is 0 Å². The van der Waals surface area contributed by atoms with Gasteiger partial charge in [-0.05, 0) is 89.2 Å². The van der Waals surface area contributed by atoms with Gasteiger partial charge < -0.3 is 9.80 Å². The Labute approximate surface area is 275 Å². The highest BCUT2D eigenvalue weighted by molar-refractivity contribution is 5.98. The second kappa shape index (κ2) is 11.8. The molecule has 0 aliphatic carbocycles. The molecule has 2 heteroatoms. The molecule has 1 atom stereocenters. The number of para-hydroxylation sites is 2. The summed E-state index contributed by atoms with van der Waals surface area (Å²) in [6.07, 6.45) is 0. The van der Waals surface area contributed by atoms with E-state index in [1.165, 1.54) is 50.0 Å². The van der Waals surface area contributed by atoms with Crippen molar-refractivity contribution in [3.63, 3.8) is 0 Å². The normalized spacial score (nSPS) is 15.5. The number of hydrogen-bond acceptors (Lipinski definition) is 2. The van der Waals surface area contributed by atoms with Gasteiger partial charge >= 0.3 is 0 Å². The molecule has 0 amide bonds. The fourth-order valence-electron chi connectivity index (χ4n) is 7.62. The summed E-state index contributed by atoms with van der Waals surface area (Å²) < 4.78 is 0. The van der Waals surface area contributed by atoms with E-state index in [1.54, 1.807) is 0 Å². The van der Waals surface area contributed by atoms with Crippen LogP contribution in [0.4, 0.5) is 22.7 Å². The molecule has 0 spiro atoms. The molecular weight excluding hydrogens is 556 g/mol. The highest BCUT2D eigenvalue weighted by Crippen LogP contribution is 2.54. The molecule has 0 radical (unpaired) electrons. The van der Waals surface area contributed by atoms with Crippen LogP contribution < -0.4 is 9.80 Å². The Morgan fingerprint density at radius 1 is 0.565 bits per heavy atom. The Hall–Kier alpha value is -4.82. The van der Waals surface area contributed by atoms with Crippen molar-refractivity contribution in [2.45, 2.75) is 65.0 Å². The molecule has 7 rings (SSSR count). The number of hydrogen-bond donors (Lipinski definition) is 0. The molecule has 230 valence electrons. The molecule has 46 heavy (non-hydrogen) atoms. The predicted octanol–water partition coefficient (Wildman–Crippen LogP) is 12.4. The first kappa shape index (κ1) is 29.9. The van der Waals surface area contributed by atoms with Crippen LogP contribution in [0.5, 0.6) is 0 Å². The maximum atomic E-state index is 2.73. The maximum absolute atomic E-state index is 2.73. The van der Waals surface area contributed by atoms with Crippen LogP contribution in [0.2, 0.25) is 0 Å². The smallest absolute Gasteiger partial charge is 0.0808 e. The predicted molar refractivity (Wildman–Crippen MR) is 197 cm³/mol. The fourth-order valence-corrected chi connectivity index (χ4v) is 7.62. The van der Waals surface area contributed by atoms with E-state index < -0.39 is 0 Å². The summed E-state index contributed by atoms with van der Waals surface area (Å²) in [5.74, 6) is 0.827. The summed E-state index contributed by atoms with van der Waals surface area (Å²) in [4.78, 5) is 5.12. The third kappa shape index (κ3) is 4.97. The number of rotatable bonds is 7. The van der Waals surface area contributed by atoms with Crippen LogP contribution in [0, 0.1) is 0 Å². The number of anilines is 4. The first-order chi connectivity index (χ1) is 22.3. The zero-order valence-corrected chi connectivity index (χ0v) is 27.9. The van der Waals surface area contributed by atoms with Gasteiger partial charge in [-0.2, -0.15) is 0 Å². The zero-order valence-electron chi connectivity index (χ0n) is 27.9. The Morgan fingerprint density at radius 2 is 1.13 bits per heavy atom. The summed E-state index contributed by atoms with van der Waals surface area (Å²) in [6.45, 7) is 14.1. The van der Waals surface area contributed by atoms with Gasteiger partial charge in [0.2, 0.25) is 0 Å². The molecule has 0 saturated carbocycles. The average molecular weight is 601 g/mol. The zero-order chi connectivity index (χ0) is 32.0. The van der Waals surface area contributed by atoms with E-state index in [0.29, 0.717) is 11.8 Å². The number of nitrogens with zero attached hydrogens (tertiary/aromatic N) is 2. The molecular formula is C44H44N2. The Balaban J connectivity index is 1.40. The highest BCUT2D eigenvalue weighted by atomic mass is 15.3. The molecule has 0 N–H and O–H groups in total. The van der Waals surface area contributed by atoms with Crippen molar-refractivity contribution >= 4 is 33.5 Å². The average Bonchev–Trinajstić information content (AvgIpc) is 3.31. The lowest BCUT2D eigenvalue weighted by Gasteiger charge is -2.42. The Bertz CT molecular complexity index is 1950. The van der Waals surface area contributed by atoms with Crippen molar-refractivity contribution in [3.05, 3.63) is 167 Å². The van der Waals surface area contributed by atoms with Crippen molar-refractivity contribution < 1.29 is 0 Å². The Kier molecular flexibility index (Phi) is 7.69. The van der Waals surface area contributed by atoms with E-state index in [4.69, 9.17) is 0 Å². The first-order valence-electron chi connectivity index (χ1n) is 16.7. The van der Waals surface area contributed by atoms with Crippen LogP contribution in [-0.4, -0.2) is 0 Å². The quantitative estimate of drug-likeness (QED) is 0.180. The minimum Gasteiger partial charge on any atom is -0.351 e. The van der Waals surface area contributed by atoms with Gasteiger partial charge in [0, 0.05) is 22.4 Å². The van der Waals surface area contributed by atoms with E-state index >= 15 is 0 Å². The fraction of sp³-hybridized carbons (Fsp3) is 0.227. The second-order valence-corrected chi connectivity index (χ2v) is 13.8. The molecule has 1 unspecified atom stereocenters. The van der Waals surface area contributed by atoms with E-state index in [-0.39, 0.29) is 11.6 Å². The van der Waals surface area contributed by atoms with E-state index in [0.717, 1.165) is 11.4 Å². The monoisotopic (exact) mass is 600 g/mol. The van der Waals surface area contributed by atoms with Crippen LogP contribution in [-0.2, 0) is 5.54 Å². The van der Waals surface area contributed by atoms with Crippen LogP contribution in [0.1, 0.15) is 87.2 Å². The highest BCUT2D eigenvalue weighted by Gasteiger charge is 2.46. The first-order valence-corrected chi connectivity index (χ1v) is 16.7. The third-order valence-electron chi connectivity index (χ3n) is 9.85. The Morgan fingerprint density at radius 3 is 1.83 bits per heavy atom. The molecule has 1 heterocycles. The molecule has 6 aromatic carbocycles. The lowest BCUT2D eigenvalue weighted by atomic mass is 9.88. The van der Waals surface area contributed by atoms with Crippen molar-refractivity contribution in [2.24, 2.45) is 0 Å². The summed E-state index contributed by atoms with van der Waals surface area (Å²) in [7, 11) is 0. The molecule has 1 aliphatic heterocycles. The standard InChI is InChI=1S/C44H44N2/c1-30(2)36-22-15-23-37(31(3)4)43(36)46-42(39-21-12-13-24-40(39)44(46,5)6)33-26-28-35(29-27-33)45(34-18-8-7-9-19-34)41-25-14-17-32-16-10-11-20-38(32)41/h7-31,42H,1-6H3. The van der Waals surface area contributed by atoms with Crippen molar-refractivity contribution in [1.29, 1.82) is 0 Å². The third-order valence-corrected chi connectivity index (χ3v) is 9.85. The number of fused-ring (bicyclic) bond motifs is 2. The van der Waals surface area contributed by atoms with E-state index in [9.17, 15) is 0 Å². The molecule has 0 aromatic heterocycles. The lowest BCUT2D eigenvalue weighted by molar-refractivity contribution is 0.491. The van der Waals surface area contributed by atoms with Crippen LogP contribution in [0.15, 0.2) is 140 Å². The molecule has 2 nitrogen and oxygen atoms in total. The largest absolute Gasteiger partial charge is 0.351 e. The van der Waals surface area contributed by atoms with Gasteiger partial charge in [0.05, 0.1) is 17.3 Å². The van der Waals surface area contributed by atoms with Gasteiger partial charge in [0.15, 0.2) is 0 Å². The summed E-state index contributed by atoms with van der Waals surface area (Å²) in [5.41, 5.74) is 11.6. The molecule has 0 fully saturated rings. The second-order valence-electron chi connectivity index (χ2n) is 13.8. The molecule has 0 bridgehead atoms. The van der Waals surface area contributed by atoms with E-state index in [1.807, 2.05) is 0 Å². The van der Waals surface area contributed by atoms with Gasteiger partial charge in [0.1, 0.15) is 0 Å². The van der Waals surface area contributed by atoms with E-state index in [2.05, 4.69) is 191 Å². The van der Waals surface area contributed by atoms with Crippen molar-refractivity contribution in [1.82, 2.24) is 0 Å². The van der Waals surface area contributed by atoms with Crippen LogP contribution in [0.3, 0.4) is 0 Å². The van der Waals surface area contributed by atoms with Gasteiger partial charge in [-0.15, -0.1) is 0 Å². The topological polar surface area (TPSA) is 6.48 Å². The number of benzene rings is 6. The maximum Gasteiger partial charge on any atom is 0.0808 e. The van der Waals surface area contributed by atoms with Crippen LogP contribution in [0.25, 0.3) is 10.8 Å². The van der Waals surface area contributed by atoms with Crippen molar-refractivity contribution in [3.8, 4) is 0 Å². The van der Waals surface area contributed by atoms with Gasteiger partial charge in [-0.1, -0.05) is 137 Å². The lowest BCUT2D eigenvalue weighted by Crippen LogP contribution is -2.39. The van der Waals surface area contributed by atoms with Crippen molar-refractivity contribution in [2.75, 3.05) is 9.80 Å². The summed E-state index contributed by atoms with van der Waals surface area (Å²) >= 11 is 0. The van der Waals surface area contributed by atoms with Crippen LogP contribution >= 0.6 is 0 Å². The molecule has 0 saturated heterocycles. The minimum atomic E-state index is -0.187. The minimum absolute atomic E-state index is 0.0976. The SMILES string of the molecule is CC(C)c1cccc(C(C)C)c1N1C(c2ccc(N(c3ccccc3)c3cccc4ccccc34)cc2)c2ccccc2C1(C)C. The summed E-state index contributed by atoms with van der Waals surface area (Å²) in [5, 5.41) is 2.48. The van der Waals surface area contributed by atoms with Gasteiger partial charge in [-0.25, -0.2) is 0 Å². The summed E-state index contributed by atoms with van der Waals surface area (Å²) in [6, 6.07) is 51.4. The van der Waals surface area contributed by atoms with Gasteiger partial charge in [0.25, 0.3) is 0 Å². The molecule has 1 aliphatic rings.